The van der Waals surface area contributed by atoms with E-state index in [4.69, 9.17) is 26.3 Å². The highest BCUT2D eigenvalue weighted by atomic mass is 35.5. The van der Waals surface area contributed by atoms with Gasteiger partial charge < -0.3 is 14.5 Å². The Hall–Kier alpha value is -1.74. The number of aromatic nitrogens is 2. The summed E-state index contributed by atoms with van der Waals surface area (Å²) in [6, 6.07) is 10.2. The number of anilines is 2. The lowest BCUT2D eigenvalue weighted by molar-refractivity contribution is 0.419. The first-order valence-corrected chi connectivity index (χ1v) is 12.5. The standard InChI is InChI=1S/C20H19ClN4OS3/c1-26-15-6-4-13(21)18-17(15)23-20(29-18)25-9-7-24(8-10-25)19-22-14-5-3-12(27-2)11-16(14)28-19/h3-6,11H,7-10H2,1-2H3. The van der Waals surface area contributed by atoms with E-state index >= 15 is 0 Å². The molecule has 29 heavy (non-hydrogen) atoms. The van der Waals surface area contributed by atoms with Gasteiger partial charge in [0.15, 0.2) is 10.3 Å². The van der Waals surface area contributed by atoms with Gasteiger partial charge in [-0.05, 0) is 36.6 Å². The number of nitrogens with zero attached hydrogens (tertiary/aromatic N) is 4. The molecule has 9 heteroatoms. The number of fused-ring (bicyclic) bond motifs is 2. The fourth-order valence-electron chi connectivity index (χ4n) is 3.49. The largest absolute Gasteiger partial charge is 0.494 e. The van der Waals surface area contributed by atoms with Gasteiger partial charge in [0, 0.05) is 31.1 Å². The molecule has 0 bridgehead atoms. The maximum absolute atomic E-state index is 6.38. The summed E-state index contributed by atoms with van der Waals surface area (Å²) in [7, 11) is 1.67. The van der Waals surface area contributed by atoms with Gasteiger partial charge in [-0.2, -0.15) is 0 Å². The van der Waals surface area contributed by atoms with E-state index in [1.807, 2.05) is 12.1 Å². The maximum Gasteiger partial charge on any atom is 0.186 e. The second kappa shape index (κ2) is 7.83. The van der Waals surface area contributed by atoms with E-state index in [0.29, 0.717) is 0 Å². The van der Waals surface area contributed by atoms with Gasteiger partial charge in [-0.1, -0.05) is 34.3 Å². The molecule has 0 aliphatic carbocycles. The van der Waals surface area contributed by atoms with Crippen molar-refractivity contribution in [2.24, 2.45) is 0 Å². The molecular weight excluding hydrogens is 444 g/mol. The summed E-state index contributed by atoms with van der Waals surface area (Å²) in [6.07, 6.45) is 2.10. The van der Waals surface area contributed by atoms with E-state index in [9.17, 15) is 0 Å². The molecule has 4 aromatic rings. The summed E-state index contributed by atoms with van der Waals surface area (Å²) in [5.74, 6) is 0.768. The molecule has 2 aromatic carbocycles. The van der Waals surface area contributed by atoms with Gasteiger partial charge in [-0.15, -0.1) is 11.8 Å². The van der Waals surface area contributed by atoms with Gasteiger partial charge >= 0.3 is 0 Å². The van der Waals surface area contributed by atoms with E-state index in [-0.39, 0.29) is 0 Å². The quantitative estimate of drug-likeness (QED) is 0.367. The molecule has 2 aromatic heterocycles. The molecule has 0 spiro atoms. The first-order valence-electron chi connectivity index (χ1n) is 9.24. The van der Waals surface area contributed by atoms with E-state index in [2.05, 4.69) is 34.3 Å². The van der Waals surface area contributed by atoms with Crippen LogP contribution in [0.15, 0.2) is 35.2 Å². The molecule has 150 valence electrons. The van der Waals surface area contributed by atoms with E-state index in [1.54, 1.807) is 41.5 Å². The molecule has 1 aliphatic heterocycles. The zero-order valence-corrected chi connectivity index (χ0v) is 19.2. The lowest BCUT2D eigenvalue weighted by Gasteiger charge is -2.34. The monoisotopic (exact) mass is 462 g/mol. The highest BCUT2D eigenvalue weighted by molar-refractivity contribution is 7.98. The lowest BCUT2D eigenvalue weighted by Crippen LogP contribution is -2.46. The zero-order chi connectivity index (χ0) is 20.0. The molecule has 0 amide bonds. The third kappa shape index (κ3) is 3.52. The van der Waals surface area contributed by atoms with Crippen molar-refractivity contribution in [3.63, 3.8) is 0 Å². The van der Waals surface area contributed by atoms with Gasteiger partial charge in [0.1, 0.15) is 11.3 Å². The number of ether oxygens (including phenoxy) is 1. The van der Waals surface area contributed by atoms with Crippen molar-refractivity contribution >= 4 is 76.7 Å². The molecule has 0 atom stereocenters. The van der Waals surface area contributed by atoms with Crippen LogP contribution >= 0.6 is 46.0 Å². The van der Waals surface area contributed by atoms with Gasteiger partial charge in [0.05, 0.1) is 27.0 Å². The van der Waals surface area contributed by atoms with Crippen LogP contribution in [0, 0.1) is 0 Å². The summed E-state index contributed by atoms with van der Waals surface area (Å²) in [4.78, 5) is 15.7. The topological polar surface area (TPSA) is 41.5 Å². The normalized spacial score (nSPS) is 14.9. The molecular formula is C20H19ClN4OS3. The highest BCUT2D eigenvalue weighted by Crippen LogP contribution is 2.39. The minimum Gasteiger partial charge on any atom is -0.494 e. The predicted molar refractivity (Wildman–Crippen MR) is 127 cm³/mol. The summed E-state index contributed by atoms with van der Waals surface area (Å²) in [5, 5.41) is 2.83. The van der Waals surface area contributed by atoms with Crippen molar-refractivity contribution in [2.75, 3.05) is 49.3 Å². The Bertz CT molecular complexity index is 1180. The number of halogens is 1. The van der Waals surface area contributed by atoms with Crippen LogP contribution < -0.4 is 14.5 Å². The number of methoxy groups -OCH3 is 1. The molecule has 0 saturated carbocycles. The number of thiazole rings is 2. The van der Waals surface area contributed by atoms with Crippen molar-refractivity contribution < 1.29 is 4.74 Å². The molecule has 0 unspecified atom stereocenters. The lowest BCUT2D eigenvalue weighted by atomic mass is 10.3. The second-order valence-electron chi connectivity index (χ2n) is 6.73. The van der Waals surface area contributed by atoms with Gasteiger partial charge in [-0.3, -0.25) is 0 Å². The van der Waals surface area contributed by atoms with Crippen molar-refractivity contribution in [2.45, 2.75) is 4.90 Å². The molecule has 3 heterocycles. The first-order chi connectivity index (χ1) is 14.2. The third-order valence-electron chi connectivity index (χ3n) is 5.07. The Morgan fingerprint density at radius 1 is 1.00 bits per heavy atom. The molecule has 5 rings (SSSR count). The summed E-state index contributed by atoms with van der Waals surface area (Å²) >= 11 is 11.6. The van der Waals surface area contributed by atoms with Crippen molar-refractivity contribution in [1.29, 1.82) is 0 Å². The number of piperazine rings is 1. The molecule has 1 aliphatic rings. The highest BCUT2D eigenvalue weighted by Gasteiger charge is 2.23. The Kier molecular flexibility index (Phi) is 5.19. The minimum absolute atomic E-state index is 0.724. The van der Waals surface area contributed by atoms with Crippen LogP contribution in [0.4, 0.5) is 10.3 Å². The summed E-state index contributed by atoms with van der Waals surface area (Å²) in [5.41, 5.74) is 1.93. The van der Waals surface area contributed by atoms with Gasteiger partial charge in [-0.25, -0.2) is 9.97 Å². The molecule has 0 N–H and O–H groups in total. The average Bonchev–Trinajstić information content (AvgIpc) is 3.39. The smallest absolute Gasteiger partial charge is 0.186 e. The second-order valence-corrected chi connectivity index (χ2v) is 10.0. The average molecular weight is 463 g/mol. The fraction of sp³-hybridized carbons (Fsp3) is 0.300. The Morgan fingerprint density at radius 3 is 2.41 bits per heavy atom. The summed E-state index contributed by atoms with van der Waals surface area (Å²) in [6.45, 7) is 3.67. The van der Waals surface area contributed by atoms with Crippen LogP contribution in [-0.2, 0) is 0 Å². The molecule has 5 nitrogen and oxygen atoms in total. The first kappa shape index (κ1) is 19.2. The van der Waals surface area contributed by atoms with Crippen LogP contribution in [0.2, 0.25) is 5.02 Å². The SMILES string of the molecule is COc1ccc(Cl)c2sc(N3CCN(c4nc5ccc(SC)cc5s4)CC3)nc12. The molecule has 1 fully saturated rings. The van der Waals surface area contributed by atoms with Crippen LogP contribution in [-0.4, -0.2) is 49.5 Å². The minimum atomic E-state index is 0.724. The number of benzene rings is 2. The zero-order valence-electron chi connectivity index (χ0n) is 16.0. The van der Waals surface area contributed by atoms with Crippen LogP contribution in [0.25, 0.3) is 20.4 Å². The number of rotatable bonds is 4. The van der Waals surface area contributed by atoms with Crippen LogP contribution in [0.3, 0.4) is 0 Å². The van der Waals surface area contributed by atoms with Crippen molar-refractivity contribution in [3.05, 3.63) is 35.4 Å². The molecule has 1 saturated heterocycles. The third-order valence-corrected chi connectivity index (χ3v) is 8.45. The summed E-state index contributed by atoms with van der Waals surface area (Å²) < 4.78 is 7.69. The fourth-order valence-corrected chi connectivity index (χ4v) is 6.36. The van der Waals surface area contributed by atoms with Crippen LogP contribution in [0.1, 0.15) is 0 Å². The Morgan fingerprint density at radius 2 is 1.72 bits per heavy atom. The van der Waals surface area contributed by atoms with E-state index in [1.165, 1.54) is 9.60 Å². The molecule has 0 radical (unpaired) electrons. The maximum atomic E-state index is 6.38. The van der Waals surface area contributed by atoms with Gasteiger partial charge in [0.25, 0.3) is 0 Å². The number of hydrogen-bond donors (Lipinski definition) is 0. The van der Waals surface area contributed by atoms with E-state index < -0.39 is 0 Å². The Labute approximate surface area is 186 Å². The van der Waals surface area contributed by atoms with Gasteiger partial charge in [0.2, 0.25) is 0 Å². The van der Waals surface area contributed by atoms with E-state index in [0.717, 1.165) is 62.9 Å². The number of hydrogen-bond acceptors (Lipinski definition) is 8. The van der Waals surface area contributed by atoms with Crippen molar-refractivity contribution in [1.82, 2.24) is 9.97 Å². The Balaban J connectivity index is 1.35. The predicted octanol–water partition coefficient (Wildman–Crippen LogP) is 5.62. The van der Waals surface area contributed by atoms with Crippen LogP contribution in [0.5, 0.6) is 5.75 Å². The van der Waals surface area contributed by atoms with Crippen molar-refractivity contribution in [3.8, 4) is 5.75 Å². The number of thioether (sulfide) groups is 1.